The molecule has 0 aliphatic heterocycles. The van der Waals surface area contributed by atoms with E-state index in [9.17, 15) is 0 Å². The van der Waals surface area contributed by atoms with Gasteiger partial charge >= 0.3 is 0 Å². The van der Waals surface area contributed by atoms with E-state index in [1.165, 1.54) is 61.8 Å². The average Bonchev–Trinajstić information content (AvgIpc) is 2.55. The van der Waals surface area contributed by atoms with Crippen LogP contribution in [0.15, 0.2) is 18.2 Å². The molecular formula is C19H24N2. The van der Waals surface area contributed by atoms with Gasteiger partial charge < -0.3 is 5.73 Å². The lowest BCUT2D eigenvalue weighted by atomic mass is 9.83. The Morgan fingerprint density at radius 3 is 2.62 bits per heavy atom. The Morgan fingerprint density at radius 1 is 0.952 bits per heavy atom. The van der Waals surface area contributed by atoms with Crippen molar-refractivity contribution in [3.8, 4) is 0 Å². The number of benzene rings is 1. The molecule has 1 saturated carbocycles. The summed E-state index contributed by atoms with van der Waals surface area (Å²) in [6, 6.07) is 6.83. The van der Waals surface area contributed by atoms with Crippen LogP contribution in [0.25, 0.3) is 10.9 Å². The summed E-state index contributed by atoms with van der Waals surface area (Å²) in [4.78, 5) is 4.95. The van der Waals surface area contributed by atoms with E-state index in [4.69, 9.17) is 10.7 Å². The van der Waals surface area contributed by atoms with Crippen molar-refractivity contribution < 1.29 is 0 Å². The lowest BCUT2D eigenvalue weighted by Crippen LogP contribution is -2.10. The van der Waals surface area contributed by atoms with Gasteiger partial charge in [0.05, 0.1) is 5.52 Å². The van der Waals surface area contributed by atoms with Crippen molar-refractivity contribution in [1.29, 1.82) is 0 Å². The fraction of sp³-hybridized carbons (Fsp3) is 0.526. The zero-order valence-electron chi connectivity index (χ0n) is 12.7. The molecule has 0 atom stereocenters. The van der Waals surface area contributed by atoms with Gasteiger partial charge in [0.25, 0.3) is 0 Å². The molecule has 0 amide bonds. The molecule has 1 heterocycles. The summed E-state index contributed by atoms with van der Waals surface area (Å²) in [5.41, 5.74) is 12.6. The van der Waals surface area contributed by atoms with E-state index >= 15 is 0 Å². The van der Waals surface area contributed by atoms with Crippen molar-refractivity contribution in [3.05, 3.63) is 35.0 Å². The number of rotatable bonds is 1. The molecule has 1 aromatic heterocycles. The molecule has 2 aliphatic rings. The summed E-state index contributed by atoms with van der Waals surface area (Å²) in [6.07, 6.45) is 11.6. The molecule has 1 aromatic carbocycles. The molecule has 0 spiro atoms. The minimum atomic E-state index is 0.738. The van der Waals surface area contributed by atoms with Crippen molar-refractivity contribution in [3.63, 3.8) is 0 Å². The first-order valence-electron chi connectivity index (χ1n) is 8.54. The van der Waals surface area contributed by atoms with E-state index in [0.29, 0.717) is 0 Å². The molecule has 1 fully saturated rings. The molecule has 2 N–H and O–H groups in total. The topological polar surface area (TPSA) is 38.9 Å². The Bertz CT molecular complexity index is 669. The van der Waals surface area contributed by atoms with Gasteiger partial charge in [0.2, 0.25) is 0 Å². The van der Waals surface area contributed by atoms with Crippen LogP contribution in [0.2, 0.25) is 0 Å². The van der Waals surface area contributed by atoms with Gasteiger partial charge in [0.15, 0.2) is 0 Å². The smallest absolute Gasteiger partial charge is 0.0729 e. The van der Waals surface area contributed by atoms with Crippen LogP contribution in [0.4, 0.5) is 5.69 Å². The average molecular weight is 280 g/mol. The van der Waals surface area contributed by atoms with Gasteiger partial charge in [-0.25, -0.2) is 0 Å². The van der Waals surface area contributed by atoms with Gasteiger partial charge in [-0.3, -0.25) is 4.98 Å². The number of nitrogen functional groups attached to an aromatic ring is 1. The minimum Gasteiger partial charge on any atom is -0.398 e. The molecule has 110 valence electrons. The number of fused-ring (bicyclic) bond motifs is 2. The summed E-state index contributed by atoms with van der Waals surface area (Å²) < 4.78 is 0. The molecular weight excluding hydrogens is 256 g/mol. The molecule has 4 rings (SSSR count). The van der Waals surface area contributed by atoms with Crippen LogP contribution < -0.4 is 5.73 Å². The fourth-order valence-corrected chi connectivity index (χ4v) is 4.17. The number of hydrogen-bond donors (Lipinski definition) is 1. The maximum atomic E-state index is 6.43. The number of aromatic nitrogens is 1. The van der Waals surface area contributed by atoms with Gasteiger partial charge in [-0.1, -0.05) is 31.4 Å². The van der Waals surface area contributed by atoms with Crippen molar-refractivity contribution in [1.82, 2.24) is 4.98 Å². The molecule has 2 nitrogen and oxygen atoms in total. The highest BCUT2D eigenvalue weighted by atomic mass is 14.7. The lowest BCUT2D eigenvalue weighted by Gasteiger charge is -2.23. The van der Waals surface area contributed by atoms with Crippen molar-refractivity contribution in [2.45, 2.75) is 63.7 Å². The molecule has 21 heavy (non-hydrogen) atoms. The third-order valence-corrected chi connectivity index (χ3v) is 5.41. The second kappa shape index (κ2) is 5.32. The van der Waals surface area contributed by atoms with Gasteiger partial charge in [-0.05, 0) is 61.6 Å². The number of anilines is 1. The maximum Gasteiger partial charge on any atom is 0.0729 e. The fourth-order valence-electron chi connectivity index (χ4n) is 4.17. The molecule has 2 aromatic rings. The van der Waals surface area contributed by atoms with Crippen LogP contribution in [0.1, 0.15) is 67.7 Å². The van der Waals surface area contributed by atoms with E-state index in [1.54, 1.807) is 0 Å². The van der Waals surface area contributed by atoms with Crippen molar-refractivity contribution in [2.75, 3.05) is 5.73 Å². The summed E-state index contributed by atoms with van der Waals surface area (Å²) >= 11 is 0. The Kier molecular flexibility index (Phi) is 3.33. The lowest BCUT2D eigenvalue weighted by molar-refractivity contribution is 0.444. The van der Waals surface area contributed by atoms with E-state index in [-0.39, 0.29) is 0 Å². The van der Waals surface area contributed by atoms with Crippen LogP contribution in [0, 0.1) is 0 Å². The minimum absolute atomic E-state index is 0.738. The maximum absolute atomic E-state index is 6.43. The molecule has 0 bridgehead atoms. The van der Waals surface area contributed by atoms with Crippen molar-refractivity contribution in [2.24, 2.45) is 0 Å². The van der Waals surface area contributed by atoms with Crippen LogP contribution >= 0.6 is 0 Å². The highest BCUT2D eigenvalue weighted by Crippen LogP contribution is 2.36. The molecule has 2 heteroatoms. The van der Waals surface area contributed by atoms with Crippen LogP contribution in [-0.2, 0) is 12.8 Å². The standard InChI is InChI=1S/C19H24N2/c20-19-15-8-4-5-9-17(15)21-18-12-14(10-11-16(18)19)13-6-2-1-3-7-13/h10-13H,1-9H2,(H2,20,21). The number of hydrogen-bond acceptors (Lipinski definition) is 2. The Morgan fingerprint density at radius 2 is 1.76 bits per heavy atom. The molecule has 0 saturated heterocycles. The predicted molar refractivity (Wildman–Crippen MR) is 88.6 cm³/mol. The van der Waals surface area contributed by atoms with E-state index < -0.39 is 0 Å². The number of pyridine rings is 1. The first-order valence-corrected chi connectivity index (χ1v) is 8.54. The van der Waals surface area contributed by atoms with E-state index in [0.717, 1.165) is 35.3 Å². The van der Waals surface area contributed by atoms with E-state index in [2.05, 4.69) is 18.2 Å². The van der Waals surface area contributed by atoms with E-state index in [1.807, 2.05) is 0 Å². The van der Waals surface area contributed by atoms with Crippen molar-refractivity contribution >= 4 is 16.6 Å². The zero-order chi connectivity index (χ0) is 14.2. The largest absolute Gasteiger partial charge is 0.398 e. The second-order valence-corrected chi connectivity index (χ2v) is 6.77. The van der Waals surface area contributed by atoms with Gasteiger partial charge in [0, 0.05) is 16.8 Å². The SMILES string of the molecule is Nc1c2c(nc3cc(C4CCCCC4)ccc13)CCCC2. The number of aryl methyl sites for hydroxylation is 1. The quantitative estimate of drug-likeness (QED) is 0.819. The normalized spacial score (nSPS) is 19.6. The third-order valence-electron chi connectivity index (χ3n) is 5.41. The summed E-state index contributed by atoms with van der Waals surface area (Å²) in [7, 11) is 0. The first-order chi connectivity index (χ1) is 10.3. The second-order valence-electron chi connectivity index (χ2n) is 6.77. The number of nitrogens with zero attached hydrogens (tertiary/aromatic N) is 1. The van der Waals surface area contributed by atoms with Gasteiger partial charge in [0.1, 0.15) is 0 Å². The summed E-state index contributed by atoms with van der Waals surface area (Å²) in [5.74, 6) is 0.738. The number of nitrogens with two attached hydrogens (primary N) is 1. The predicted octanol–water partition coefficient (Wildman–Crippen LogP) is 4.74. The third kappa shape index (κ3) is 2.31. The van der Waals surface area contributed by atoms with Gasteiger partial charge in [-0.15, -0.1) is 0 Å². The monoisotopic (exact) mass is 280 g/mol. The molecule has 0 unspecified atom stereocenters. The van der Waals surface area contributed by atoms with Gasteiger partial charge in [-0.2, -0.15) is 0 Å². The Labute approximate surface area is 126 Å². The van der Waals surface area contributed by atoms with Crippen LogP contribution in [0.5, 0.6) is 0 Å². The molecule has 2 aliphatic carbocycles. The van der Waals surface area contributed by atoms with Crippen LogP contribution in [-0.4, -0.2) is 4.98 Å². The summed E-state index contributed by atoms with van der Waals surface area (Å²) in [5, 5.41) is 1.16. The highest BCUT2D eigenvalue weighted by molar-refractivity contribution is 5.92. The highest BCUT2D eigenvalue weighted by Gasteiger charge is 2.19. The Hall–Kier alpha value is -1.57. The molecule has 0 radical (unpaired) electrons. The van der Waals surface area contributed by atoms with Crippen LogP contribution in [0.3, 0.4) is 0 Å². The zero-order valence-corrected chi connectivity index (χ0v) is 12.7. The first kappa shape index (κ1) is 13.1. The Balaban J connectivity index is 1.80. The summed E-state index contributed by atoms with van der Waals surface area (Å²) in [6.45, 7) is 0.